The highest BCUT2D eigenvalue weighted by molar-refractivity contribution is 6.32. The van der Waals surface area contributed by atoms with Gasteiger partial charge in [-0.2, -0.15) is 0 Å². The van der Waals surface area contributed by atoms with Crippen LogP contribution in [0, 0.1) is 0 Å². The molecule has 0 atom stereocenters. The Kier molecular flexibility index (Phi) is 6.28. The smallest absolute Gasteiger partial charge is 0.319 e. The van der Waals surface area contributed by atoms with E-state index in [-0.39, 0.29) is 12.5 Å². The molecule has 126 valence electrons. The van der Waals surface area contributed by atoms with Crippen LogP contribution >= 0.6 is 23.2 Å². The van der Waals surface area contributed by atoms with Crippen molar-refractivity contribution in [3.8, 4) is 5.75 Å². The normalized spacial score (nSPS) is 9.96. The van der Waals surface area contributed by atoms with Crippen LogP contribution < -0.4 is 20.7 Å². The average Bonchev–Trinajstić information content (AvgIpc) is 2.55. The number of nitrogens with one attached hydrogen (secondary N) is 3. The molecule has 2 aromatic carbocycles. The molecule has 0 saturated carbocycles. The second-order valence-corrected chi connectivity index (χ2v) is 5.53. The number of ether oxygens (including phenoxy) is 1. The number of benzene rings is 2. The minimum Gasteiger partial charge on any atom is -0.493 e. The van der Waals surface area contributed by atoms with Gasteiger partial charge in [-0.25, -0.2) is 4.79 Å². The Morgan fingerprint density at radius 3 is 2.42 bits per heavy atom. The third kappa shape index (κ3) is 5.04. The van der Waals surface area contributed by atoms with Crippen molar-refractivity contribution in [3.63, 3.8) is 0 Å². The fraction of sp³-hybridized carbons (Fsp3) is 0.125. The molecule has 0 fully saturated rings. The van der Waals surface area contributed by atoms with E-state index in [2.05, 4.69) is 16.0 Å². The lowest BCUT2D eigenvalue weighted by Gasteiger charge is -2.12. The summed E-state index contributed by atoms with van der Waals surface area (Å²) < 4.78 is 5.13. The topological polar surface area (TPSA) is 79.5 Å². The van der Waals surface area contributed by atoms with Gasteiger partial charge in [-0.15, -0.1) is 0 Å². The zero-order chi connectivity index (χ0) is 17.5. The maximum absolute atomic E-state index is 11.9. The van der Waals surface area contributed by atoms with Crippen molar-refractivity contribution >= 4 is 46.5 Å². The zero-order valence-corrected chi connectivity index (χ0v) is 14.2. The van der Waals surface area contributed by atoms with E-state index < -0.39 is 6.03 Å². The lowest BCUT2D eigenvalue weighted by Crippen LogP contribution is -2.35. The molecule has 0 aliphatic heterocycles. The first-order valence-corrected chi connectivity index (χ1v) is 7.68. The van der Waals surface area contributed by atoms with E-state index in [0.29, 0.717) is 27.2 Å². The molecule has 0 aliphatic carbocycles. The Labute approximate surface area is 149 Å². The van der Waals surface area contributed by atoms with Gasteiger partial charge in [0.2, 0.25) is 5.91 Å². The minimum atomic E-state index is -0.554. The molecule has 8 heteroatoms. The van der Waals surface area contributed by atoms with Crippen LogP contribution in [0.2, 0.25) is 10.0 Å². The van der Waals surface area contributed by atoms with Crippen LogP contribution in [0.25, 0.3) is 0 Å². The lowest BCUT2D eigenvalue weighted by molar-refractivity contribution is -0.115. The highest BCUT2D eigenvalue weighted by atomic mass is 35.5. The maximum Gasteiger partial charge on any atom is 0.319 e. The number of halogens is 2. The number of hydrogen-bond acceptors (Lipinski definition) is 3. The lowest BCUT2D eigenvalue weighted by atomic mass is 10.3. The first-order valence-electron chi connectivity index (χ1n) is 6.92. The number of hydrogen-bond donors (Lipinski definition) is 3. The fourth-order valence-electron chi connectivity index (χ4n) is 1.88. The molecule has 0 aliphatic rings. The first-order chi connectivity index (χ1) is 11.5. The van der Waals surface area contributed by atoms with Crippen molar-refractivity contribution in [2.75, 3.05) is 24.3 Å². The van der Waals surface area contributed by atoms with Crippen LogP contribution in [-0.2, 0) is 4.79 Å². The van der Waals surface area contributed by atoms with E-state index >= 15 is 0 Å². The SMILES string of the molecule is COc1c(Cl)cccc1NC(=O)NCC(=O)Nc1ccc(Cl)cc1. The summed E-state index contributed by atoms with van der Waals surface area (Å²) >= 11 is 11.7. The monoisotopic (exact) mass is 367 g/mol. The summed E-state index contributed by atoms with van der Waals surface area (Å²) in [5, 5.41) is 8.59. The largest absolute Gasteiger partial charge is 0.493 e. The molecule has 0 heterocycles. The molecule has 3 N–H and O–H groups in total. The van der Waals surface area contributed by atoms with Crippen LogP contribution in [0.3, 0.4) is 0 Å². The van der Waals surface area contributed by atoms with Gasteiger partial charge in [0, 0.05) is 10.7 Å². The van der Waals surface area contributed by atoms with E-state index in [9.17, 15) is 9.59 Å². The summed E-state index contributed by atoms with van der Waals surface area (Å²) in [7, 11) is 1.45. The summed E-state index contributed by atoms with van der Waals surface area (Å²) in [6.07, 6.45) is 0. The number of carbonyl (C=O) groups is 2. The maximum atomic E-state index is 11.9. The molecule has 3 amide bonds. The molecular weight excluding hydrogens is 353 g/mol. The Balaban J connectivity index is 1.86. The molecule has 2 rings (SSSR count). The van der Waals surface area contributed by atoms with Crippen LogP contribution in [0.5, 0.6) is 5.75 Å². The number of methoxy groups -OCH3 is 1. The molecular formula is C16H15Cl2N3O3. The number of anilines is 2. The standard InChI is InChI=1S/C16H15Cl2N3O3/c1-24-15-12(18)3-2-4-13(15)21-16(23)19-9-14(22)20-11-7-5-10(17)6-8-11/h2-8H,9H2,1H3,(H,20,22)(H2,19,21,23). The van der Waals surface area contributed by atoms with Crippen LogP contribution in [0.1, 0.15) is 0 Å². The van der Waals surface area contributed by atoms with Crippen molar-refractivity contribution < 1.29 is 14.3 Å². The van der Waals surface area contributed by atoms with Crippen molar-refractivity contribution in [1.82, 2.24) is 5.32 Å². The van der Waals surface area contributed by atoms with Crippen molar-refractivity contribution in [3.05, 3.63) is 52.5 Å². The Morgan fingerprint density at radius 2 is 1.75 bits per heavy atom. The van der Waals surface area contributed by atoms with Gasteiger partial charge < -0.3 is 20.7 Å². The van der Waals surface area contributed by atoms with Crippen molar-refractivity contribution in [1.29, 1.82) is 0 Å². The molecule has 0 aromatic heterocycles. The summed E-state index contributed by atoms with van der Waals surface area (Å²) in [6.45, 7) is -0.197. The van der Waals surface area contributed by atoms with Gasteiger partial charge in [0.05, 0.1) is 24.4 Å². The Bertz CT molecular complexity index is 736. The zero-order valence-electron chi connectivity index (χ0n) is 12.7. The predicted molar refractivity (Wildman–Crippen MR) is 95.1 cm³/mol. The fourth-order valence-corrected chi connectivity index (χ4v) is 2.26. The van der Waals surface area contributed by atoms with Gasteiger partial charge in [-0.05, 0) is 36.4 Å². The summed E-state index contributed by atoms with van der Waals surface area (Å²) in [6, 6.07) is 11.0. The molecule has 0 bridgehead atoms. The Morgan fingerprint density at radius 1 is 1.04 bits per heavy atom. The summed E-state index contributed by atoms with van der Waals surface area (Å²) in [5.41, 5.74) is 0.990. The van der Waals surface area contributed by atoms with E-state index in [1.807, 2.05) is 0 Å². The van der Waals surface area contributed by atoms with Gasteiger partial charge in [-0.3, -0.25) is 4.79 Å². The Hall–Kier alpha value is -2.44. The molecule has 24 heavy (non-hydrogen) atoms. The quantitative estimate of drug-likeness (QED) is 0.752. The number of urea groups is 1. The van der Waals surface area contributed by atoms with E-state index in [1.165, 1.54) is 7.11 Å². The van der Waals surface area contributed by atoms with Crippen LogP contribution in [0.4, 0.5) is 16.2 Å². The molecule has 0 unspecified atom stereocenters. The minimum absolute atomic E-state index is 0.197. The third-order valence-corrected chi connectivity index (χ3v) is 3.51. The highest BCUT2D eigenvalue weighted by Gasteiger charge is 2.11. The van der Waals surface area contributed by atoms with E-state index in [1.54, 1.807) is 42.5 Å². The first kappa shape index (κ1) is 17.9. The molecule has 0 saturated heterocycles. The number of rotatable bonds is 5. The average molecular weight is 368 g/mol. The van der Waals surface area contributed by atoms with Gasteiger partial charge in [0.15, 0.2) is 5.75 Å². The number of amides is 3. The van der Waals surface area contributed by atoms with Crippen molar-refractivity contribution in [2.45, 2.75) is 0 Å². The van der Waals surface area contributed by atoms with E-state index in [4.69, 9.17) is 27.9 Å². The van der Waals surface area contributed by atoms with Gasteiger partial charge in [-0.1, -0.05) is 29.3 Å². The second kappa shape index (κ2) is 8.42. The van der Waals surface area contributed by atoms with E-state index in [0.717, 1.165) is 0 Å². The summed E-state index contributed by atoms with van der Waals surface area (Å²) in [4.78, 5) is 23.7. The van der Waals surface area contributed by atoms with Crippen LogP contribution in [0.15, 0.2) is 42.5 Å². The van der Waals surface area contributed by atoms with Gasteiger partial charge in [0.25, 0.3) is 0 Å². The number of para-hydroxylation sites is 1. The number of carbonyl (C=O) groups excluding carboxylic acids is 2. The van der Waals surface area contributed by atoms with Crippen molar-refractivity contribution in [2.24, 2.45) is 0 Å². The molecule has 2 aromatic rings. The molecule has 0 spiro atoms. The summed E-state index contributed by atoms with van der Waals surface area (Å²) in [5.74, 6) is -0.0227. The molecule has 6 nitrogen and oxygen atoms in total. The predicted octanol–water partition coefficient (Wildman–Crippen LogP) is 3.76. The third-order valence-electron chi connectivity index (χ3n) is 2.96. The van der Waals surface area contributed by atoms with Gasteiger partial charge in [0.1, 0.15) is 0 Å². The van der Waals surface area contributed by atoms with Gasteiger partial charge >= 0.3 is 6.03 Å². The van der Waals surface area contributed by atoms with Crippen LogP contribution in [-0.4, -0.2) is 25.6 Å². The second-order valence-electron chi connectivity index (χ2n) is 4.68. The molecule has 0 radical (unpaired) electrons. The highest BCUT2D eigenvalue weighted by Crippen LogP contribution is 2.32.